The lowest BCUT2D eigenvalue weighted by Crippen LogP contribution is -2.38. The third-order valence-corrected chi connectivity index (χ3v) is 4.96. The highest BCUT2D eigenvalue weighted by Crippen LogP contribution is 2.23. The van der Waals surface area contributed by atoms with Gasteiger partial charge in [-0.2, -0.15) is 0 Å². The summed E-state index contributed by atoms with van der Waals surface area (Å²) in [6, 6.07) is 0. The first-order chi connectivity index (χ1) is 11.2. The highest BCUT2D eigenvalue weighted by Gasteiger charge is 2.27. The van der Waals surface area contributed by atoms with Crippen molar-refractivity contribution in [3.63, 3.8) is 0 Å². The number of ether oxygens (including phenoxy) is 1. The molecule has 0 saturated carbocycles. The van der Waals surface area contributed by atoms with Crippen molar-refractivity contribution < 1.29 is 14.3 Å². The number of morpholine rings is 1. The highest BCUT2D eigenvalue weighted by atomic mass is 32.2. The van der Waals surface area contributed by atoms with E-state index >= 15 is 0 Å². The Morgan fingerprint density at radius 1 is 1.26 bits per heavy atom. The number of carbonyl (C=O) groups is 2. The fraction of sp³-hybridized carbons (Fsp3) is 0.714. The van der Waals surface area contributed by atoms with E-state index in [1.165, 1.54) is 16.7 Å². The molecule has 0 atom stereocenters. The van der Waals surface area contributed by atoms with E-state index in [0.717, 1.165) is 32.0 Å². The van der Waals surface area contributed by atoms with Gasteiger partial charge in [0.1, 0.15) is 0 Å². The molecule has 0 aliphatic carbocycles. The van der Waals surface area contributed by atoms with E-state index in [2.05, 4.69) is 15.1 Å². The van der Waals surface area contributed by atoms with Gasteiger partial charge in [0, 0.05) is 32.6 Å². The van der Waals surface area contributed by atoms with Crippen molar-refractivity contribution >= 4 is 29.5 Å². The molecule has 0 N–H and O–H groups in total. The summed E-state index contributed by atoms with van der Waals surface area (Å²) in [7, 11) is 0. The maximum atomic E-state index is 12.1. The van der Waals surface area contributed by atoms with Crippen molar-refractivity contribution in [2.45, 2.75) is 31.5 Å². The predicted octanol–water partition coefficient (Wildman–Crippen LogP) is 0.376. The first kappa shape index (κ1) is 16.3. The van der Waals surface area contributed by atoms with E-state index in [1.807, 2.05) is 11.5 Å². The van der Waals surface area contributed by atoms with Gasteiger partial charge in [-0.1, -0.05) is 11.8 Å². The summed E-state index contributed by atoms with van der Waals surface area (Å²) in [4.78, 5) is 27.2. The lowest BCUT2D eigenvalue weighted by molar-refractivity contribution is -0.140. The monoisotopic (exact) mass is 339 g/mol. The van der Waals surface area contributed by atoms with E-state index in [4.69, 9.17) is 4.74 Å². The van der Waals surface area contributed by atoms with Crippen molar-refractivity contribution in [3.8, 4) is 0 Å². The third-order valence-electron chi connectivity index (χ3n) is 4.01. The van der Waals surface area contributed by atoms with Crippen LogP contribution in [-0.4, -0.2) is 70.1 Å². The second kappa shape index (κ2) is 7.31. The molecule has 1 aromatic rings. The van der Waals surface area contributed by atoms with Crippen molar-refractivity contribution in [2.24, 2.45) is 0 Å². The summed E-state index contributed by atoms with van der Waals surface area (Å²) >= 11 is 1.34. The lowest BCUT2D eigenvalue weighted by atomic mass is 10.4. The topological polar surface area (TPSA) is 80.6 Å². The Hall–Kier alpha value is -1.61. The molecule has 9 heteroatoms. The lowest BCUT2D eigenvalue weighted by Gasteiger charge is -2.27. The molecule has 0 bridgehead atoms. The van der Waals surface area contributed by atoms with Gasteiger partial charge in [0.25, 0.3) is 0 Å². The Labute approximate surface area is 139 Å². The number of amides is 2. The zero-order chi connectivity index (χ0) is 16.2. The fourth-order valence-corrected chi connectivity index (χ4v) is 3.65. The number of thioether (sulfide) groups is 1. The number of likely N-dealkylation sites (tertiary alicyclic amines) is 1. The molecule has 0 aromatic carbocycles. The Bertz CT molecular complexity index is 585. The quantitative estimate of drug-likeness (QED) is 0.717. The minimum absolute atomic E-state index is 0.0680. The molecular weight excluding hydrogens is 318 g/mol. The Morgan fingerprint density at radius 3 is 2.70 bits per heavy atom. The molecule has 3 heterocycles. The van der Waals surface area contributed by atoms with Crippen LogP contribution in [0.15, 0.2) is 5.16 Å². The molecule has 8 nitrogen and oxygen atoms in total. The highest BCUT2D eigenvalue weighted by molar-refractivity contribution is 7.99. The molecule has 126 valence electrons. The van der Waals surface area contributed by atoms with Gasteiger partial charge < -0.3 is 9.64 Å². The summed E-state index contributed by atoms with van der Waals surface area (Å²) in [5, 5.41) is 9.21. The van der Waals surface area contributed by atoms with Gasteiger partial charge in [-0.05, 0) is 13.3 Å². The minimum atomic E-state index is -0.143. The van der Waals surface area contributed by atoms with Crippen LogP contribution in [0, 0.1) is 0 Å². The summed E-state index contributed by atoms with van der Waals surface area (Å²) < 4.78 is 7.37. The molecule has 3 rings (SSSR count). The van der Waals surface area contributed by atoms with Gasteiger partial charge in [-0.3, -0.25) is 19.1 Å². The molecule has 0 spiro atoms. The molecule has 2 amide bonds. The third kappa shape index (κ3) is 3.50. The van der Waals surface area contributed by atoms with E-state index in [9.17, 15) is 9.59 Å². The average Bonchev–Trinajstić information content (AvgIpc) is 3.19. The van der Waals surface area contributed by atoms with Gasteiger partial charge >= 0.3 is 0 Å². The van der Waals surface area contributed by atoms with Crippen LogP contribution in [0.25, 0.3) is 0 Å². The first-order valence-corrected chi connectivity index (χ1v) is 8.91. The molecule has 2 aliphatic rings. The van der Waals surface area contributed by atoms with Crippen LogP contribution >= 0.6 is 11.8 Å². The summed E-state index contributed by atoms with van der Waals surface area (Å²) in [6.45, 7) is 6.27. The van der Waals surface area contributed by atoms with Crippen molar-refractivity contribution in [2.75, 3.05) is 43.5 Å². The largest absolute Gasteiger partial charge is 0.378 e. The van der Waals surface area contributed by atoms with Crippen LogP contribution in [0.5, 0.6) is 0 Å². The molecular formula is C14H21N5O3S. The molecule has 0 radical (unpaired) electrons. The van der Waals surface area contributed by atoms with Crippen molar-refractivity contribution in [1.29, 1.82) is 0 Å². The summed E-state index contributed by atoms with van der Waals surface area (Å²) in [5.74, 6) is 0.827. The van der Waals surface area contributed by atoms with Gasteiger partial charge in [-0.25, -0.2) is 0 Å². The van der Waals surface area contributed by atoms with Gasteiger partial charge in [0.2, 0.25) is 17.8 Å². The van der Waals surface area contributed by atoms with Crippen LogP contribution in [0.4, 0.5) is 5.95 Å². The Morgan fingerprint density at radius 2 is 2.04 bits per heavy atom. The Balaban J connectivity index is 1.64. The van der Waals surface area contributed by atoms with Crippen molar-refractivity contribution in [1.82, 2.24) is 19.7 Å². The number of carbonyl (C=O) groups excluding carboxylic acids is 2. The van der Waals surface area contributed by atoms with E-state index < -0.39 is 0 Å². The minimum Gasteiger partial charge on any atom is -0.378 e. The number of rotatable bonds is 5. The zero-order valence-electron chi connectivity index (χ0n) is 13.2. The normalized spacial score (nSPS) is 18.7. The smallest absolute Gasteiger partial charge is 0.239 e. The van der Waals surface area contributed by atoms with Crippen LogP contribution in [0.3, 0.4) is 0 Å². The standard InChI is InChI=1S/C14H21N5O3S/c1-2-18-13(17-6-8-22-9-7-17)15-16-14(18)23-10-12(21)19-5-3-4-11(19)20/h2-10H2,1H3. The summed E-state index contributed by atoms with van der Waals surface area (Å²) in [5.41, 5.74) is 0. The second-order valence-corrected chi connectivity index (χ2v) is 6.40. The van der Waals surface area contributed by atoms with Gasteiger partial charge in [0.05, 0.1) is 19.0 Å². The molecule has 2 fully saturated rings. The van der Waals surface area contributed by atoms with Crippen LogP contribution < -0.4 is 4.90 Å². The van der Waals surface area contributed by atoms with Crippen molar-refractivity contribution in [3.05, 3.63) is 0 Å². The van der Waals surface area contributed by atoms with Crippen LogP contribution in [0.2, 0.25) is 0 Å². The molecule has 2 saturated heterocycles. The van der Waals surface area contributed by atoms with Gasteiger partial charge in [-0.15, -0.1) is 10.2 Å². The number of anilines is 1. The number of imide groups is 1. The maximum absolute atomic E-state index is 12.1. The predicted molar refractivity (Wildman–Crippen MR) is 85.4 cm³/mol. The van der Waals surface area contributed by atoms with E-state index in [-0.39, 0.29) is 17.6 Å². The van der Waals surface area contributed by atoms with Crippen LogP contribution in [0.1, 0.15) is 19.8 Å². The second-order valence-electron chi connectivity index (χ2n) is 5.46. The number of nitrogens with zero attached hydrogens (tertiary/aromatic N) is 5. The van der Waals surface area contributed by atoms with Gasteiger partial charge in [0.15, 0.2) is 5.16 Å². The molecule has 2 aliphatic heterocycles. The first-order valence-electron chi connectivity index (χ1n) is 7.92. The summed E-state index contributed by atoms with van der Waals surface area (Å²) in [6.07, 6.45) is 1.24. The van der Waals surface area contributed by atoms with Crippen LogP contribution in [-0.2, 0) is 20.9 Å². The zero-order valence-corrected chi connectivity index (χ0v) is 14.0. The maximum Gasteiger partial charge on any atom is 0.239 e. The number of hydrogen-bond acceptors (Lipinski definition) is 7. The molecule has 0 unspecified atom stereocenters. The molecule has 23 heavy (non-hydrogen) atoms. The fourth-order valence-electron chi connectivity index (χ4n) is 2.78. The number of aromatic nitrogens is 3. The SMILES string of the molecule is CCn1c(SCC(=O)N2CCCC2=O)nnc1N1CCOCC1. The molecule has 1 aromatic heterocycles. The van der Waals surface area contributed by atoms with E-state index in [0.29, 0.717) is 31.3 Å². The Kier molecular flexibility index (Phi) is 5.16. The van der Waals surface area contributed by atoms with E-state index in [1.54, 1.807) is 0 Å². The number of hydrogen-bond donors (Lipinski definition) is 0. The average molecular weight is 339 g/mol.